The quantitative estimate of drug-likeness (QED) is 0.902. The predicted octanol–water partition coefficient (Wildman–Crippen LogP) is 1.04. The Morgan fingerprint density at radius 3 is 2.87 bits per heavy atom. The lowest BCUT2D eigenvalue weighted by atomic mass is 10.0. The lowest BCUT2D eigenvalue weighted by Gasteiger charge is -2.24. The first-order valence-electron chi connectivity index (χ1n) is 6.77. The van der Waals surface area contributed by atoms with E-state index in [1.54, 1.807) is 12.1 Å². The molecule has 1 N–H and O–H groups in total. The van der Waals surface area contributed by atoms with Gasteiger partial charge in [-0.05, 0) is 30.7 Å². The molecule has 2 aromatic heterocycles. The molecule has 1 aliphatic heterocycles. The van der Waals surface area contributed by atoms with Crippen LogP contribution in [-0.4, -0.2) is 29.7 Å². The van der Waals surface area contributed by atoms with Gasteiger partial charge < -0.3 is 4.57 Å². The van der Waals surface area contributed by atoms with Crippen molar-refractivity contribution in [2.24, 2.45) is 0 Å². The molecule has 23 heavy (non-hydrogen) atoms. The molecule has 9 heteroatoms. The Morgan fingerprint density at radius 2 is 2.13 bits per heavy atom. The van der Waals surface area contributed by atoms with E-state index in [1.165, 1.54) is 16.8 Å². The van der Waals surface area contributed by atoms with E-state index in [0.29, 0.717) is 5.69 Å². The minimum Gasteiger partial charge on any atom is -0.333 e. The Kier molecular flexibility index (Phi) is 3.72. The molecule has 1 aliphatic rings. The smallest absolute Gasteiger partial charge is 0.284 e. The van der Waals surface area contributed by atoms with E-state index in [-0.39, 0.29) is 18.6 Å². The normalized spacial score (nSPS) is 17.6. The second-order valence-corrected chi connectivity index (χ2v) is 6.64. The van der Waals surface area contributed by atoms with Gasteiger partial charge in [-0.2, -0.15) is 8.42 Å². The van der Waals surface area contributed by atoms with Crippen molar-refractivity contribution in [2.75, 3.05) is 0 Å². The van der Waals surface area contributed by atoms with Crippen LogP contribution in [0.2, 0.25) is 0 Å². The number of halogens is 1. The zero-order valence-electron chi connectivity index (χ0n) is 11.8. The minimum absolute atomic E-state index is 0.113. The van der Waals surface area contributed by atoms with Crippen molar-refractivity contribution in [3.8, 4) is 0 Å². The summed E-state index contributed by atoms with van der Waals surface area (Å²) in [5.74, 6) is -1.99. The highest BCUT2D eigenvalue weighted by Gasteiger charge is 2.33. The molecule has 0 aromatic carbocycles. The molecule has 7 nitrogen and oxygen atoms in total. The summed E-state index contributed by atoms with van der Waals surface area (Å²) in [6.45, 7) is 0. The van der Waals surface area contributed by atoms with Gasteiger partial charge in [0.25, 0.3) is 15.9 Å². The molecule has 1 unspecified atom stereocenters. The SMILES string of the molecule is O=C1CCC(C(=O)NS(=O)(=O)c2ncccc2F)n2cccc21. The van der Waals surface area contributed by atoms with Crippen LogP contribution < -0.4 is 4.72 Å². The third-order valence-corrected chi connectivity index (χ3v) is 4.84. The van der Waals surface area contributed by atoms with Crippen molar-refractivity contribution in [1.82, 2.24) is 14.3 Å². The fraction of sp³-hybridized carbons (Fsp3) is 0.214. The van der Waals surface area contributed by atoms with E-state index in [2.05, 4.69) is 4.98 Å². The molecule has 120 valence electrons. The predicted molar refractivity (Wildman–Crippen MR) is 76.6 cm³/mol. The maximum Gasteiger partial charge on any atom is 0.284 e. The number of amides is 1. The summed E-state index contributed by atoms with van der Waals surface area (Å²) < 4.78 is 41.0. The number of nitrogens with zero attached hydrogens (tertiary/aromatic N) is 2. The Morgan fingerprint density at radius 1 is 1.35 bits per heavy atom. The van der Waals surface area contributed by atoms with Crippen molar-refractivity contribution in [1.29, 1.82) is 0 Å². The van der Waals surface area contributed by atoms with E-state index in [1.807, 2.05) is 4.72 Å². The molecule has 1 atom stereocenters. The van der Waals surface area contributed by atoms with E-state index in [9.17, 15) is 22.4 Å². The van der Waals surface area contributed by atoms with Crippen molar-refractivity contribution >= 4 is 21.7 Å². The van der Waals surface area contributed by atoms with Crippen LogP contribution in [-0.2, 0) is 14.8 Å². The monoisotopic (exact) mass is 337 g/mol. The number of carbonyl (C=O) groups excluding carboxylic acids is 2. The molecule has 0 radical (unpaired) electrons. The molecule has 0 bridgehead atoms. The third kappa shape index (κ3) is 2.74. The number of Topliss-reactive ketones (excluding diaryl/α,β-unsaturated/α-hetero) is 1. The number of hydrogen-bond donors (Lipinski definition) is 1. The van der Waals surface area contributed by atoms with Gasteiger partial charge in [0.1, 0.15) is 6.04 Å². The summed E-state index contributed by atoms with van der Waals surface area (Å²) in [5.41, 5.74) is 0.345. The van der Waals surface area contributed by atoms with E-state index in [4.69, 9.17) is 0 Å². The van der Waals surface area contributed by atoms with Crippen LogP contribution in [0, 0.1) is 5.82 Å². The van der Waals surface area contributed by atoms with E-state index < -0.39 is 32.8 Å². The Hall–Kier alpha value is -2.55. The number of pyridine rings is 1. The first-order chi connectivity index (χ1) is 10.9. The average molecular weight is 337 g/mol. The lowest BCUT2D eigenvalue weighted by molar-refractivity contribution is -0.122. The molecule has 0 fully saturated rings. The molecular weight excluding hydrogens is 325 g/mol. The second-order valence-electron chi connectivity index (χ2n) is 5.04. The Balaban J connectivity index is 1.87. The Bertz CT molecular complexity index is 891. The number of aromatic nitrogens is 2. The molecule has 0 aliphatic carbocycles. The average Bonchev–Trinajstić information content (AvgIpc) is 2.97. The fourth-order valence-electron chi connectivity index (χ4n) is 2.51. The van der Waals surface area contributed by atoms with Crippen LogP contribution in [0.1, 0.15) is 29.4 Å². The molecule has 2 aromatic rings. The van der Waals surface area contributed by atoms with Gasteiger partial charge in [-0.25, -0.2) is 14.1 Å². The molecule has 3 heterocycles. The van der Waals surface area contributed by atoms with Gasteiger partial charge in [0, 0.05) is 18.8 Å². The van der Waals surface area contributed by atoms with Gasteiger partial charge in [0.2, 0.25) is 5.03 Å². The van der Waals surface area contributed by atoms with Crippen LogP contribution in [0.25, 0.3) is 0 Å². The highest BCUT2D eigenvalue weighted by atomic mass is 32.2. The number of fused-ring (bicyclic) bond motifs is 1. The summed E-state index contributed by atoms with van der Waals surface area (Å²) in [6, 6.07) is 4.50. The summed E-state index contributed by atoms with van der Waals surface area (Å²) in [4.78, 5) is 27.5. The highest BCUT2D eigenvalue weighted by molar-refractivity contribution is 7.90. The fourth-order valence-corrected chi connectivity index (χ4v) is 3.53. The van der Waals surface area contributed by atoms with Crippen molar-refractivity contribution < 1.29 is 22.4 Å². The number of sulfonamides is 1. The first kappa shape index (κ1) is 15.3. The Labute approximate surface area is 131 Å². The van der Waals surface area contributed by atoms with Crippen LogP contribution in [0.5, 0.6) is 0 Å². The van der Waals surface area contributed by atoms with Gasteiger partial charge in [0.15, 0.2) is 11.6 Å². The number of carbonyl (C=O) groups is 2. The molecule has 0 saturated heterocycles. The summed E-state index contributed by atoms with van der Waals surface area (Å²) in [5, 5.41) is -0.840. The van der Waals surface area contributed by atoms with Gasteiger partial charge >= 0.3 is 0 Å². The first-order valence-corrected chi connectivity index (χ1v) is 8.25. The number of nitrogens with one attached hydrogen (secondary N) is 1. The maximum absolute atomic E-state index is 13.6. The van der Waals surface area contributed by atoms with Gasteiger partial charge in [-0.15, -0.1) is 0 Å². The number of ketones is 1. The summed E-state index contributed by atoms with van der Waals surface area (Å²) in [7, 11) is -4.42. The van der Waals surface area contributed by atoms with Gasteiger partial charge in [-0.3, -0.25) is 9.59 Å². The standard InChI is InChI=1S/C14H12FN3O4S/c15-9-3-1-7-16-14(9)23(21,22)17-13(20)11-5-6-12(19)10-4-2-8-18(10)11/h1-4,7-8,11H,5-6H2,(H,17,20). The summed E-state index contributed by atoms with van der Waals surface area (Å²) >= 11 is 0. The molecule has 0 saturated carbocycles. The van der Waals surface area contributed by atoms with Gasteiger partial charge in [0.05, 0.1) is 5.69 Å². The number of hydrogen-bond acceptors (Lipinski definition) is 5. The summed E-state index contributed by atoms with van der Waals surface area (Å²) in [6.07, 6.45) is 2.96. The molecule has 3 rings (SSSR count). The molecule has 1 amide bonds. The second kappa shape index (κ2) is 5.58. The largest absolute Gasteiger partial charge is 0.333 e. The highest BCUT2D eigenvalue weighted by Crippen LogP contribution is 2.26. The molecular formula is C14H12FN3O4S. The van der Waals surface area contributed by atoms with Gasteiger partial charge in [-0.1, -0.05) is 0 Å². The number of rotatable bonds is 3. The molecule has 0 spiro atoms. The van der Waals surface area contributed by atoms with Crippen molar-refractivity contribution in [3.63, 3.8) is 0 Å². The lowest BCUT2D eigenvalue weighted by Crippen LogP contribution is -2.39. The third-order valence-electron chi connectivity index (χ3n) is 3.56. The van der Waals surface area contributed by atoms with Crippen molar-refractivity contribution in [2.45, 2.75) is 23.9 Å². The van der Waals surface area contributed by atoms with Crippen LogP contribution in [0.4, 0.5) is 4.39 Å². The topological polar surface area (TPSA) is 98.1 Å². The van der Waals surface area contributed by atoms with Crippen LogP contribution in [0.15, 0.2) is 41.7 Å². The van der Waals surface area contributed by atoms with E-state index in [0.717, 1.165) is 12.3 Å². The van der Waals surface area contributed by atoms with E-state index >= 15 is 0 Å². The van der Waals surface area contributed by atoms with Crippen molar-refractivity contribution in [3.05, 3.63) is 48.2 Å². The van der Waals surface area contributed by atoms with Crippen LogP contribution >= 0.6 is 0 Å². The van der Waals surface area contributed by atoms with Crippen LogP contribution in [0.3, 0.4) is 0 Å². The minimum atomic E-state index is -4.42. The zero-order chi connectivity index (χ0) is 16.6. The maximum atomic E-state index is 13.6. The zero-order valence-corrected chi connectivity index (χ0v) is 12.6.